The maximum atomic E-state index is 13.9. The summed E-state index contributed by atoms with van der Waals surface area (Å²) in [7, 11) is 0. The van der Waals surface area contributed by atoms with E-state index in [0.717, 1.165) is 11.8 Å². The number of nitrogens with zero attached hydrogens (tertiary/aromatic N) is 5. The third-order valence-corrected chi connectivity index (χ3v) is 4.35. The number of aromatic nitrogens is 4. The maximum absolute atomic E-state index is 13.9. The number of hydrogen-bond acceptors (Lipinski definition) is 6. The lowest BCUT2D eigenvalue weighted by atomic mass is 10.1. The van der Waals surface area contributed by atoms with Crippen LogP contribution in [0, 0.1) is 12.7 Å². The zero-order valence-corrected chi connectivity index (χ0v) is 16.5. The average molecular weight is 395 g/mol. The second-order valence-electron chi connectivity index (χ2n) is 6.55. The van der Waals surface area contributed by atoms with E-state index < -0.39 is 5.82 Å². The summed E-state index contributed by atoms with van der Waals surface area (Å²) in [6, 6.07) is 6.23. The van der Waals surface area contributed by atoms with E-state index >= 15 is 0 Å². The number of hydrogen-bond donors (Lipinski definition) is 0. The van der Waals surface area contributed by atoms with Gasteiger partial charge in [0.25, 0.3) is 5.91 Å². The molecule has 0 unspecified atom stereocenters. The molecule has 7 nitrogen and oxygen atoms in total. The summed E-state index contributed by atoms with van der Waals surface area (Å²) in [5.41, 5.74) is 1.38. The highest BCUT2D eigenvalue weighted by atomic mass is 19.1. The van der Waals surface area contributed by atoms with E-state index in [1.165, 1.54) is 6.07 Å². The van der Waals surface area contributed by atoms with Gasteiger partial charge >= 0.3 is 0 Å². The fourth-order valence-electron chi connectivity index (χ4n) is 2.85. The molecular weight excluding hydrogens is 373 g/mol. The predicted octanol–water partition coefficient (Wildman–Crippen LogP) is 3.31. The molecule has 0 saturated heterocycles. The lowest BCUT2D eigenvalue weighted by Crippen LogP contribution is -2.42. The molecule has 0 aliphatic rings. The Balaban J connectivity index is 1.81. The smallest absolute Gasteiger partial charge is 0.256 e. The number of likely N-dealkylation sites (N-methyl/N-ethyl adjacent to an activating group) is 1. The summed E-state index contributed by atoms with van der Waals surface area (Å²) in [6.07, 6.45) is 5.86. The van der Waals surface area contributed by atoms with Gasteiger partial charge in [0.1, 0.15) is 18.1 Å². The number of aryl methyl sites for hydroxylation is 1. The van der Waals surface area contributed by atoms with Crippen molar-refractivity contribution in [1.82, 2.24) is 24.8 Å². The Hall–Kier alpha value is -3.42. The van der Waals surface area contributed by atoms with Crippen LogP contribution in [-0.2, 0) is 0 Å². The van der Waals surface area contributed by atoms with E-state index in [0.29, 0.717) is 12.4 Å². The second-order valence-corrected chi connectivity index (χ2v) is 6.55. The van der Waals surface area contributed by atoms with Gasteiger partial charge in [0.05, 0.1) is 17.8 Å². The van der Waals surface area contributed by atoms with Crippen molar-refractivity contribution in [3.05, 3.63) is 66.0 Å². The fraction of sp³-hybridized carbons (Fsp3) is 0.286. The molecule has 3 aromatic rings. The number of carbonyl (C=O) groups is 1. The SMILES string of the molecule is CCN(C(=O)c1cc(F)cnc1-c1ncccn1)[C@@H](C)COc1ccc(C)cn1. The number of rotatable bonds is 7. The lowest BCUT2D eigenvalue weighted by molar-refractivity contribution is 0.0646. The number of amides is 1. The van der Waals surface area contributed by atoms with Crippen molar-refractivity contribution < 1.29 is 13.9 Å². The fourth-order valence-corrected chi connectivity index (χ4v) is 2.85. The normalized spacial score (nSPS) is 11.7. The summed E-state index contributed by atoms with van der Waals surface area (Å²) in [5, 5.41) is 0. The molecule has 0 N–H and O–H groups in total. The number of pyridine rings is 2. The first-order chi connectivity index (χ1) is 14.0. The molecule has 1 amide bonds. The minimum atomic E-state index is -0.600. The molecule has 29 heavy (non-hydrogen) atoms. The topological polar surface area (TPSA) is 81.1 Å². The van der Waals surface area contributed by atoms with Crippen molar-refractivity contribution in [3.8, 4) is 17.4 Å². The summed E-state index contributed by atoms with van der Waals surface area (Å²) in [4.78, 5) is 31.3. The Labute approximate surface area is 168 Å². The second kappa shape index (κ2) is 9.18. The first-order valence-electron chi connectivity index (χ1n) is 9.29. The Morgan fingerprint density at radius 3 is 2.59 bits per heavy atom. The van der Waals surface area contributed by atoms with Gasteiger partial charge in [-0.3, -0.25) is 4.79 Å². The van der Waals surface area contributed by atoms with Crippen molar-refractivity contribution in [3.63, 3.8) is 0 Å². The number of carbonyl (C=O) groups excluding carboxylic acids is 1. The summed E-state index contributed by atoms with van der Waals surface area (Å²) in [6.45, 7) is 6.31. The van der Waals surface area contributed by atoms with E-state index in [4.69, 9.17) is 4.74 Å². The highest BCUT2D eigenvalue weighted by Gasteiger charge is 2.25. The van der Waals surface area contributed by atoms with Gasteiger partial charge in [0.2, 0.25) is 5.88 Å². The van der Waals surface area contributed by atoms with Gasteiger partial charge in [-0.1, -0.05) is 6.07 Å². The minimum absolute atomic E-state index is 0.110. The van der Waals surface area contributed by atoms with Crippen LogP contribution in [-0.4, -0.2) is 49.9 Å². The standard InChI is InChI=1S/C21H22FN5O2/c1-4-27(15(3)13-29-18-7-6-14(2)11-25-18)21(28)17-10-16(22)12-26-19(17)20-23-8-5-9-24-20/h5-12,15H,4,13H2,1-3H3/t15-/m0/s1. The van der Waals surface area contributed by atoms with Crippen molar-refractivity contribution >= 4 is 5.91 Å². The van der Waals surface area contributed by atoms with Gasteiger partial charge in [-0.05, 0) is 38.5 Å². The van der Waals surface area contributed by atoms with Gasteiger partial charge in [-0.25, -0.2) is 24.3 Å². The highest BCUT2D eigenvalue weighted by Crippen LogP contribution is 2.21. The Morgan fingerprint density at radius 1 is 1.17 bits per heavy atom. The predicted molar refractivity (Wildman–Crippen MR) is 106 cm³/mol. The first kappa shape index (κ1) is 20.3. The molecule has 0 aromatic carbocycles. The molecule has 8 heteroatoms. The number of halogens is 1. The Morgan fingerprint density at radius 2 is 1.93 bits per heavy atom. The van der Waals surface area contributed by atoms with Gasteiger partial charge in [0, 0.05) is 31.2 Å². The molecule has 0 radical (unpaired) electrons. The van der Waals surface area contributed by atoms with Crippen LogP contribution in [0.15, 0.2) is 49.1 Å². The van der Waals surface area contributed by atoms with Gasteiger partial charge < -0.3 is 9.64 Å². The van der Waals surface area contributed by atoms with Crippen LogP contribution in [0.25, 0.3) is 11.5 Å². The van der Waals surface area contributed by atoms with Gasteiger partial charge in [0.15, 0.2) is 5.82 Å². The summed E-state index contributed by atoms with van der Waals surface area (Å²) < 4.78 is 19.6. The first-order valence-corrected chi connectivity index (χ1v) is 9.29. The molecule has 0 saturated carbocycles. The molecule has 0 spiro atoms. The molecule has 3 heterocycles. The van der Waals surface area contributed by atoms with Crippen LogP contribution in [0.2, 0.25) is 0 Å². The zero-order valence-electron chi connectivity index (χ0n) is 16.5. The molecular formula is C21H22FN5O2. The van der Waals surface area contributed by atoms with E-state index in [1.807, 2.05) is 26.8 Å². The maximum Gasteiger partial charge on any atom is 0.256 e. The number of ether oxygens (including phenoxy) is 1. The monoisotopic (exact) mass is 395 g/mol. The molecule has 0 aliphatic heterocycles. The van der Waals surface area contributed by atoms with E-state index in [1.54, 1.807) is 35.6 Å². The van der Waals surface area contributed by atoms with Crippen molar-refractivity contribution in [2.45, 2.75) is 26.8 Å². The molecule has 0 aliphatic carbocycles. The molecule has 1 atom stereocenters. The molecule has 0 fully saturated rings. The van der Waals surface area contributed by atoms with E-state index in [-0.39, 0.29) is 35.6 Å². The largest absolute Gasteiger partial charge is 0.475 e. The quantitative estimate of drug-likeness (QED) is 0.611. The summed E-state index contributed by atoms with van der Waals surface area (Å²) >= 11 is 0. The minimum Gasteiger partial charge on any atom is -0.475 e. The molecule has 150 valence electrons. The van der Waals surface area contributed by atoms with E-state index in [2.05, 4.69) is 19.9 Å². The molecule has 0 bridgehead atoms. The molecule has 3 aromatic heterocycles. The van der Waals surface area contributed by atoms with Crippen LogP contribution >= 0.6 is 0 Å². The Bertz CT molecular complexity index is 967. The Kier molecular flexibility index (Phi) is 6.43. The van der Waals surface area contributed by atoms with Crippen LogP contribution in [0.5, 0.6) is 5.88 Å². The van der Waals surface area contributed by atoms with Crippen LogP contribution in [0.1, 0.15) is 29.8 Å². The van der Waals surface area contributed by atoms with Crippen LogP contribution in [0.4, 0.5) is 4.39 Å². The third-order valence-electron chi connectivity index (χ3n) is 4.35. The van der Waals surface area contributed by atoms with Crippen LogP contribution < -0.4 is 4.74 Å². The van der Waals surface area contributed by atoms with Crippen molar-refractivity contribution in [2.24, 2.45) is 0 Å². The average Bonchev–Trinajstić information content (AvgIpc) is 2.74. The van der Waals surface area contributed by atoms with Gasteiger partial charge in [-0.2, -0.15) is 0 Å². The highest BCUT2D eigenvalue weighted by molar-refractivity contribution is 5.99. The van der Waals surface area contributed by atoms with E-state index in [9.17, 15) is 9.18 Å². The van der Waals surface area contributed by atoms with Crippen LogP contribution in [0.3, 0.4) is 0 Å². The summed E-state index contributed by atoms with van der Waals surface area (Å²) in [5.74, 6) is -0.219. The van der Waals surface area contributed by atoms with Crippen molar-refractivity contribution in [2.75, 3.05) is 13.2 Å². The van der Waals surface area contributed by atoms with Gasteiger partial charge in [-0.15, -0.1) is 0 Å². The third kappa shape index (κ3) is 4.90. The molecule has 3 rings (SSSR count). The lowest BCUT2D eigenvalue weighted by Gasteiger charge is -2.28. The van der Waals surface area contributed by atoms with Crippen molar-refractivity contribution in [1.29, 1.82) is 0 Å². The zero-order chi connectivity index (χ0) is 20.8.